The maximum absolute atomic E-state index is 12.1. The Morgan fingerprint density at radius 2 is 2.24 bits per heavy atom. The fraction of sp³-hybridized carbons (Fsp3) is 0.467. The minimum absolute atomic E-state index is 0.00111. The zero-order valence-electron chi connectivity index (χ0n) is 12.2. The average Bonchev–Trinajstić information content (AvgIpc) is 2.75. The van der Waals surface area contributed by atoms with Gasteiger partial charge < -0.3 is 9.88 Å². The predicted molar refractivity (Wildman–Crippen MR) is 89.7 cm³/mol. The molecule has 0 radical (unpaired) electrons. The highest BCUT2D eigenvalue weighted by molar-refractivity contribution is 9.10. The van der Waals surface area contributed by atoms with Gasteiger partial charge in [0.05, 0.1) is 11.0 Å². The molecule has 0 aliphatic rings. The van der Waals surface area contributed by atoms with E-state index in [-0.39, 0.29) is 12.5 Å². The molecule has 114 valence electrons. The molecular formula is C15H19BrClN3O. The number of hydrogen-bond acceptors (Lipinski definition) is 2. The van der Waals surface area contributed by atoms with E-state index in [1.54, 1.807) is 0 Å². The summed E-state index contributed by atoms with van der Waals surface area (Å²) in [5, 5.41) is 2.94. The highest BCUT2D eigenvalue weighted by atomic mass is 79.9. The van der Waals surface area contributed by atoms with E-state index in [0.717, 1.165) is 21.3 Å². The monoisotopic (exact) mass is 371 g/mol. The molecule has 0 spiro atoms. The lowest BCUT2D eigenvalue weighted by Crippen LogP contribution is -2.31. The van der Waals surface area contributed by atoms with Crippen molar-refractivity contribution in [2.24, 2.45) is 5.92 Å². The number of benzene rings is 1. The molecule has 1 aromatic heterocycles. The number of amides is 1. The summed E-state index contributed by atoms with van der Waals surface area (Å²) in [7, 11) is 0. The van der Waals surface area contributed by atoms with Crippen molar-refractivity contribution >= 4 is 44.5 Å². The smallest absolute Gasteiger partial charge is 0.240 e. The molecular weight excluding hydrogens is 354 g/mol. The summed E-state index contributed by atoms with van der Waals surface area (Å²) in [6.45, 7) is 5.09. The van der Waals surface area contributed by atoms with Crippen LogP contribution in [0, 0.1) is 5.92 Å². The van der Waals surface area contributed by atoms with E-state index in [1.807, 2.05) is 22.8 Å². The summed E-state index contributed by atoms with van der Waals surface area (Å²) in [5.74, 6) is 1.76. The summed E-state index contributed by atoms with van der Waals surface area (Å²) < 4.78 is 2.91. The van der Waals surface area contributed by atoms with Crippen LogP contribution in [0.5, 0.6) is 0 Å². The van der Waals surface area contributed by atoms with Crippen molar-refractivity contribution in [3.63, 3.8) is 0 Å². The van der Waals surface area contributed by atoms with Crippen molar-refractivity contribution in [3.05, 3.63) is 28.5 Å². The average molecular weight is 373 g/mol. The van der Waals surface area contributed by atoms with Crippen LogP contribution in [0.25, 0.3) is 11.0 Å². The molecule has 0 unspecified atom stereocenters. The van der Waals surface area contributed by atoms with Crippen LogP contribution < -0.4 is 5.32 Å². The van der Waals surface area contributed by atoms with Crippen LogP contribution in [-0.4, -0.2) is 27.9 Å². The SMILES string of the molecule is CC(C)CNC(=O)Cn1c(CCCl)nc2ccc(Br)cc21. The van der Waals surface area contributed by atoms with Crippen LogP contribution in [0.2, 0.25) is 0 Å². The van der Waals surface area contributed by atoms with Crippen LogP contribution in [0.4, 0.5) is 0 Å². The van der Waals surface area contributed by atoms with Crippen molar-refractivity contribution in [2.45, 2.75) is 26.8 Å². The normalized spacial score (nSPS) is 11.3. The first-order chi connectivity index (χ1) is 10.0. The van der Waals surface area contributed by atoms with Gasteiger partial charge in [-0.05, 0) is 24.1 Å². The highest BCUT2D eigenvalue weighted by Gasteiger charge is 2.13. The molecule has 0 saturated heterocycles. The lowest BCUT2D eigenvalue weighted by Gasteiger charge is -2.11. The topological polar surface area (TPSA) is 46.9 Å². The number of imidazole rings is 1. The molecule has 0 bridgehead atoms. The first-order valence-electron chi connectivity index (χ1n) is 6.98. The predicted octanol–water partition coefficient (Wildman–Crippen LogP) is 3.35. The number of alkyl halides is 1. The number of nitrogens with one attached hydrogen (secondary N) is 1. The van der Waals surface area contributed by atoms with Gasteiger partial charge in [0.25, 0.3) is 0 Å². The fourth-order valence-corrected chi connectivity index (χ4v) is 2.63. The van der Waals surface area contributed by atoms with E-state index in [1.165, 1.54) is 0 Å². The number of hydrogen-bond donors (Lipinski definition) is 1. The van der Waals surface area contributed by atoms with E-state index in [0.29, 0.717) is 24.8 Å². The Labute approximate surface area is 138 Å². The third kappa shape index (κ3) is 4.20. The Morgan fingerprint density at radius 1 is 1.48 bits per heavy atom. The number of aryl methyl sites for hydroxylation is 1. The van der Waals surface area contributed by atoms with Crippen molar-refractivity contribution in [3.8, 4) is 0 Å². The molecule has 0 saturated carbocycles. The zero-order chi connectivity index (χ0) is 15.4. The quantitative estimate of drug-likeness (QED) is 0.790. The fourth-order valence-electron chi connectivity index (χ4n) is 2.12. The number of aromatic nitrogens is 2. The van der Waals surface area contributed by atoms with Crippen molar-refractivity contribution in [1.82, 2.24) is 14.9 Å². The minimum atomic E-state index is -0.00111. The molecule has 1 aromatic carbocycles. The molecule has 4 nitrogen and oxygen atoms in total. The van der Waals surface area contributed by atoms with Gasteiger partial charge in [0.15, 0.2) is 0 Å². The van der Waals surface area contributed by atoms with Crippen LogP contribution in [0.1, 0.15) is 19.7 Å². The van der Waals surface area contributed by atoms with Gasteiger partial charge >= 0.3 is 0 Å². The molecule has 1 heterocycles. The number of carbonyl (C=O) groups is 1. The number of fused-ring (bicyclic) bond motifs is 1. The van der Waals surface area contributed by atoms with Gasteiger partial charge in [-0.2, -0.15) is 0 Å². The zero-order valence-corrected chi connectivity index (χ0v) is 14.5. The largest absolute Gasteiger partial charge is 0.354 e. The van der Waals surface area contributed by atoms with E-state index in [2.05, 4.69) is 40.1 Å². The van der Waals surface area contributed by atoms with Gasteiger partial charge in [0.2, 0.25) is 5.91 Å². The molecule has 0 fully saturated rings. The Morgan fingerprint density at radius 3 is 2.90 bits per heavy atom. The van der Waals surface area contributed by atoms with E-state index >= 15 is 0 Å². The maximum Gasteiger partial charge on any atom is 0.240 e. The summed E-state index contributed by atoms with van der Waals surface area (Å²) >= 11 is 9.31. The molecule has 21 heavy (non-hydrogen) atoms. The third-order valence-corrected chi connectivity index (χ3v) is 3.80. The van der Waals surface area contributed by atoms with Gasteiger partial charge in [0, 0.05) is 23.3 Å². The molecule has 2 aromatic rings. The van der Waals surface area contributed by atoms with E-state index in [9.17, 15) is 4.79 Å². The Balaban J connectivity index is 2.29. The summed E-state index contributed by atoms with van der Waals surface area (Å²) in [6.07, 6.45) is 0.644. The lowest BCUT2D eigenvalue weighted by atomic mass is 10.2. The summed E-state index contributed by atoms with van der Waals surface area (Å²) in [5.41, 5.74) is 1.83. The van der Waals surface area contributed by atoms with Crippen LogP contribution >= 0.6 is 27.5 Å². The second kappa shape index (κ2) is 7.27. The van der Waals surface area contributed by atoms with E-state index in [4.69, 9.17) is 11.6 Å². The lowest BCUT2D eigenvalue weighted by molar-refractivity contribution is -0.121. The number of carbonyl (C=O) groups excluding carboxylic acids is 1. The van der Waals surface area contributed by atoms with Gasteiger partial charge in [-0.1, -0.05) is 29.8 Å². The Hall–Kier alpha value is -1.07. The van der Waals surface area contributed by atoms with Crippen molar-refractivity contribution in [1.29, 1.82) is 0 Å². The van der Waals surface area contributed by atoms with Crippen molar-refractivity contribution in [2.75, 3.05) is 12.4 Å². The number of rotatable bonds is 6. The Kier molecular flexibility index (Phi) is 5.65. The van der Waals surface area contributed by atoms with Crippen molar-refractivity contribution < 1.29 is 4.79 Å². The Bertz CT molecular complexity index is 639. The second-order valence-electron chi connectivity index (χ2n) is 5.38. The molecule has 0 atom stereocenters. The third-order valence-electron chi connectivity index (χ3n) is 3.12. The minimum Gasteiger partial charge on any atom is -0.354 e. The number of halogens is 2. The van der Waals surface area contributed by atoms with Gasteiger partial charge in [-0.15, -0.1) is 11.6 Å². The van der Waals surface area contributed by atoms with Gasteiger partial charge in [0.1, 0.15) is 12.4 Å². The molecule has 1 amide bonds. The van der Waals surface area contributed by atoms with Gasteiger partial charge in [-0.25, -0.2) is 4.98 Å². The first-order valence-corrected chi connectivity index (χ1v) is 8.31. The first kappa shape index (κ1) is 16.3. The molecule has 0 aliphatic heterocycles. The van der Waals surface area contributed by atoms with Gasteiger partial charge in [-0.3, -0.25) is 4.79 Å². The highest BCUT2D eigenvalue weighted by Crippen LogP contribution is 2.21. The molecule has 0 aliphatic carbocycles. The van der Waals surface area contributed by atoms with Crippen LogP contribution in [0.15, 0.2) is 22.7 Å². The summed E-state index contributed by atoms with van der Waals surface area (Å²) in [4.78, 5) is 16.7. The number of nitrogens with zero attached hydrogens (tertiary/aromatic N) is 2. The maximum atomic E-state index is 12.1. The second-order valence-corrected chi connectivity index (χ2v) is 6.68. The van der Waals surface area contributed by atoms with E-state index < -0.39 is 0 Å². The molecule has 1 N–H and O–H groups in total. The molecule has 2 rings (SSSR count). The molecule has 6 heteroatoms. The summed E-state index contributed by atoms with van der Waals surface area (Å²) in [6, 6.07) is 5.87. The standard InChI is InChI=1S/C15H19BrClN3O/c1-10(2)8-18-15(21)9-20-13-7-11(16)3-4-12(13)19-14(20)5-6-17/h3-4,7,10H,5-6,8-9H2,1-2H3,(H,18,21). The van der Waals surface area contributed by atoms with Crippen LogP contribution in [-0.2, 0) is 17.8 Å². The van der Waals surface area contributed by atoms with Crippen LogP contribution in [0.3, 0.4) is 0 Å².